The summed E-state index contributed by atoms with van der Waals surface area (Å²) in [6.07, 6.45) is 0. The van der Waals surface area contributed by atoms with E-state index in [1.165, 1.54) is 35.7 Å². The Hall–Kier alpha value is -2.42. The molecule has 0 saturated carbocycles. The number of H-pyrrole nitrogens is 1. The summed E-state index contributed by atoms with van der Waals surface area (Å²) in [5, 5.41) is 9.01. The third kappa shape index (κ3) is 4.65. The quantitative estimate of drug-likeness (QED) is 0.349. The summed E-state index contributed by atoms with van der Waals surface area (Å²) in [6, 6.07) is 17.6. The van der Waals surface area contributed by atoms with Crippen molar-refractivity contribution in [1.82, 2.24) is 25.1 Å². The van der Waals surface area contributed by atoms with E-state index in [-0.39, 0.29) is 5.82 Å². The first-order valence-electron chi connectivity index (χ1n) is 7.79. The maximum atomic E-state index is 13.4. The molecule has 0 saturated heterocycles. The second kappa shape index (κ2) is 8.08. The minimum Gasteiger partial charge on any atom is -0.253 e. The number of halogens is 2. The third-order valence-electron chi connectivity index (χ3n) is 3.35. The summed E-state index contributed by atoms with van der Waals surface area (Å²) in [7, 11) is 0. The molecule has 1 N–H and O–H groups in total. The summed E-state index contributed by atoms with van der Waals surface area (Å²) in [5.41, 5.74) is 0.596. The van der Waals surface area contributed by atoms with Crippen molar-refractivity contribution in [3.8, 4) is 11.4 Å². The van der Waals surface area contributed by atoms with Gasteiger partial charge in [-0.05, 0) is 47.8 Å². The molecule has 4 rings (SSSR count). The Labute approximate surface area is 167 Å². The van der Waals surface area contributed by atoms with Crippen molar-refractivity contribution in [3.05, 3.63) is 71.6 Å². The average molecular weight is 416 g/mol. The van der Waals surface area contributed by atoms with Crippen LogP contribution < -0.4 is 0 Å². The number of hydrogen-bond acceptors (Lipinski definition) is 6. The zero-order valence-electron chi connectivity index (χ0n) is 13.6. The zero-order valence-corrected chi connectivity index (χ0v) is 16.0. The number of aromatic nitrogens is 5. The van der Waals surface area contributed by atoms with Gasteiger partial charge in [0.1, 0.15) is 16.0 Å². The van der Waals surface area contributed by atoms with Gasteiger partial charge in [0.15, 0.2) is 16.1 Å². The number of benzene rings is 2. The van der Waals surface area contributed by atoms with Crippen LogP contribution in [0.5, 0.6) is 0 Å². The molecule has 4 aromatic rings. The van der Waals surface area contributed by atoms with Crippen molar-refractivity contribution >= 4 is 35.1 Å². The summed E-state index contributed by atoms with van der Waals surface area (Å²) in [4.78, 5) is 14.1. The SMILES string of the molecule is Fc1cccc(-c2n[nH]c(Sc3cc(Cl)nc(Sc4ccccc4)n3)n2)c1. The summed E-state index contributed by atoms with van der Waals surface area (Å²) in [6.45, 7) is 0. The second-order valence-corrected chi connectivity index (χ2v) is 7.74. The van der Waals surface area contributed by atoms with E-state index in [1.807, 2.05) is 30.3 Å². The molecular formula is C18H11ClFN5S2. The van der Waals surface area contributed by atoms with E-state index in [2.05, 4.69) is 25.1 Å². The van der Waals surface area contributed by atoms with Crippen LogP contribution in [0, 0.1) is 5.82 Å². The predicted octanol–water partition coefficient (Wildman–Crippen LogP) is 5.36. The van der Waals surface area contributed by atoms with Crippen molar-refractivity contribution in [1.29, 1.82) is 0 Å². The van der Waals surface area contributed by atoms with Crippen LogP contribution in [0.1, 0.15) is 0 Å². The molecule has 2 aromatic heterocycles. The molecule has 0 radical (unpaired) electrons. The van der Waals surface area contributed by atoms with Gasteiger partial charge in [-0.15, -0.1) is 0 Å². The highest BCUT2D eigenvalue weighted by atomic mass is 35.5. The largest absolute Gasteiger partial charge is 0.253 e. The van der Waals surface area contributed by atoms with E-state index in [4.69, 9.17) is 11.6 Å². The van der Waals surface area contributed by atoms with E-state index in [9.17, 15) is 4.39 Å². The number of nitrogens with zero attached hydrogens (tertiary/aromatic N) is 4. The van der Waals surface area contributed by atoms with Crippen LogP contribution in [0.3, 0.4) is 0 Å². The maximum absolute atomic E-state index is 13.4. The van der Waals surface area contributed by atoms with Gasteiger partial charge in [0, 0.05) is 16.5 Å². The number of rotatable bonds is 5. The Bertz CT molecular complexity index is 1070. The van der Waals surface area contributed by atoms with Gasteiger partial charge in [0.05, 0.1) is 0 Å². The highest BCUT2D eigenvalue weighted by Gasteiger charge is 2.11. The van der Waals surface area contributed by atoms with Gasteiger partial charge >= 0.3 is 0 Å². The highest BCUT2D eigenvalue weighted by molar-refractivity contribution is 7.99. The van der Waals surface area contributed by atoms with E-state index < -0.39 is 0 Å². The smallest absolute Gasteiger partial charge is 0.194 e. The molecule has 134 valence electrons. The minimum absolute atomic E-state index is 0.336. The van der Waals surface area contributed by atoms with Crippen LogP contribution in [0.2, 0.25) is 5.15 Å². The van der Waals surface area contributed by atoms with Crippen LogP contribution >= 0.6 is 35.1 Å². The number of hydrogen-bond donors (Lipinski definition) is 1. The molecule has 27 heavy (non-hydrogen) atoms. The zero-order chi connectivity index (χ0) is 18.6. The first-order chi connectivity index (χ1) is 13.2. The summed E-state index contributed by atoms with van der Waals surface area (Å²) in [5.74, 6) is 0.0766. The minimum atomic E-state index is -0.336. The van der Waals surface area contributed by atoms with Crippen molar-refractivity contribution in [2.45, 2.75) is 20.2 Å². The third-order valence-corrected chi connectivity index (χ3v) is 5.21. The van der Waals surface area contributed by atoms with Crippen LogP contribution in [-0.2, 0) is 0 Å². The van der Waals surface area contributed by atoms with Crippen molar-refractivity contribution < 1.29 is 4.39 Å². The molecular weight excluding hydrogens is 405 g/mol. The summed E-state index contributed by atoms with van der Waals surface area (Å²) < 4.78 is 13.4. The molecule has 5 nitrogen and oxygen atoms in total. The molecule has 0 spiro atoms. The topological polar surface area (TPSA) is 67.3 Å². The molecule has 0 fully saturated rings. The molecule has 0 bridgehead atoms. The van der Waals surface area contributed by atoms with Gasteiger partial charge in [-0.1, -0.05) is 41.9 Å². The van der Waals surface area contributed by atoms with Crippen molar-refractivity contribution in [2.75, 3.05) is 0 Å². The molecule has 0 unspecified atom stereocenters. The lowest BCUT2D eigenvalue weighted by molar-refractivity contribution is 0.628. The van der Waals surface area contributed by atoms with Gasteiger partial charge < -0.3 is 0 Å². The second-order valence-electron chi connectivity index (χ2n) is 5.30. The van der Waals surface area contributed by atoms with Crippen LogP contribution in [0.15, 0.2) is 80.9 Å². The van der Waals surface area contributed by atoms with Gasteiger partial charge in [-0.3, -0.25) is 5.10 Å². The molecule has 0 aliphatic heterocycles. The van der Waals surface area contributed by atoms with E-state index in [0.29, 0.717) is 31.9 Å². The van der Waals surface area contributed by atoms with Crippen molar-refractivity contribution in [3.63, 3.8) is 0 Å². The first-order valence-corrected chi connectivity index (χ1v) is 9.80. The lowest BCUT2D eigenvalue weighted by atomic mass is 10.2. The molecule has 0 amide bonds. The van der Waals surface area contributed by atoms with E-state index >= 15 is 0 Å². The average Bonchev–Trinajstić information content (AvgIpc) is 3.10. The predicted molar refractivity (Wildman–Crippen MR) is 104 cm³/mol. The van der Waals surface area contributed by atoms with Crippen LogP contribution in [-0.4, -0.2) is 25.1 Å². The van der Waals surface area contributed by atoms with Gasteiger partial charge in [-0.2, -0.15) is 5.10 Å². The fourth-order valence-corrected chi connectivity index (χ4v) is 4.09. The van der Waals surface area contributed by atoms with Gasteiger partial charge in [0.25, 0.3) is 0 Å². The standard InChI is InChI=1S/C18H11ClFN5S2/c19-14-10-15(22-17(21-14)26-13-7-2-1-3-8-13)27-18-23-16(24-25-18)11-5-4-6-12(20)9-11/h1-10H,(H,23,24,25). The first kappa shape index (κ1) is 18.0. The molecule has 2 heterocycles. The Morgan fingerprint density at radius 3 is 2.56 bits per heavy atom. The molecule has 0 aliphatic rings. The maximum Gasteiger partial charge on any atom is 0.194 e. The number of aromatic amines is 1. The van der Waals surface area contributed by atoms with Gasteiger partial charge in [-0.25, -0.2) is 19.3 Å². The Morgan fingerprint density at radius 1 is 0.889 bits per heavy atom. The molecule has 2 aromatic carbocycles. The normalized spacial score (nSPS) is 10.9. The van der Waals surface area contributed by atoms with Crippen molar-refractivity contribution in [2.24, 2.45) is 0 Å². The Morgan fingerprint density at radius 2 is 1.74 bits per heavy atom. The van der Waals surface area contributed by atoms with E-state index in [1.54, 1.807) is 18.2 Å². The molecule has 9 heteroatoms. The fourth-order valence-electron chi connectivity index (χ4n) is 2.22. The summed E-state index contributed by atoms with van der Waals surface area (Å²) >= 11 is 8.83. The highest BCUT2D eigenvalue weighted by Crippen LogP contribution is 2.30. The van der Waals surface area contributed by atoms with Crippen LogP contribution in [0.4, 0.5) is 4.39 Å². The molecule has 0 atom stereocenters. The number of nitrogens with one attached hydrogen (secondary N) is 1. The van der Waals surface area contributed by atoms with E-state index in [0.717, 1.165) is 4.90 Å². The fraction of sp³-hybridized carbons (Fsp3) is 0. The Kier molecular flexibility index (Phi) is 5.38. The lowest BCUT2D eigenvalue weighted by Gasteiger charge is -2.03. The Balaban J connectivity index is 1.54. The lowest BCUT2D eigenvalue weighted by Crippen LogP contribution is -1.90. The monoisotopic (exact) mass is 415 g/mol. The molecule has 0 aliphatic carbocycles. The van der Waals surface area contributed by atoms with Crippen LogP contribution in [0.25, 0.3) is 11.4 Å². The van der Waals surface area contributed by atoms with Gasteiger partial charge in [0.2, 0.25) is 0 Å².